The highest BCUT2D eigenvalue weighted by molar-refractivity contribution is 8.04. The molecule has 0 aromatic carbocycles. The van der Waals surface area contributed by atoms with Crippen LogP contribution in [0.5, 0.6) is 0 Å². The molecule has 0 fully saturated rings. The van der Waals surface area contributed by atoms with Gasteiger partial charge in [-0.1, -0.05) is 0 Å². The molecule has 0 unspecified atom stereocenters. The lowest BCUT2D eigenvalue weighted by Crippen LogP contribution is -2.33. The molecule has 1 aliphatic heterocycles. The standard InChI is InChI=1S/C6H9NO2S/c1-4(6(8)9)7-5-2-3-10-5/h2,4,7H,3H2,1H3,(H,8,9)/t4-/m0/s1. The van der Waals surface area contributed by atoms with Gasteiger partial charge >= 0.3 is 5.97 Å². The highest BCUT2D eigenvalue weighted by Gasteiger charge is 2.14. The van der Waals surface area contributed by atoms with Crippen LogP contribution in [-0.4, -0.2) is 22.9 Å². The predicted octanol–water partition coefficient (Wildman–Crippen LogP) is 0.637. The van der Waals surface area contributed by atoms with Crippen LogP contribution in [0.4, 0.5) is 0 Å². The molecular weight excluding hydrogens is 150 g/mol. The summed E-state index contributed by atoms with van der Waals surface area (Å²) < 4.78 is 0. The molecule has 0 saturated carbocycles. The van der Waals surface area contributed by atoms with Gasteiger partial charge in [0.15, 0.2) is 0 Å². The Morgan fingerprint density at radius 3 is 2.90 bits per heavy atom. The van der Waals surface area contributed by atoms with Crippen LogP contribution in [0.2, 0.25) is 0 Å². The summed E-state index contributed by atoms with van der Waals surface area (Å²) in [5.41, 5.74) is 0. The van der Waals surface area contributed by atoms with E-state index in [0.717, 1.165) is 10.8 Å². The fraction of sp³-hybridized carbons (Fsp3) is 0.500. The minimum Gasteiger partial charge on any atom is -0.480 e. The third-order valence-electron chi connectivity index (χ3n) is 1.24. The average Bonchev–Trinajstić information content (AvgIpc) is 1.77. The molecule has 0 saturated heterocycles. The number of aliphatic carboxylic acids is 1. The second kappa shape index (κ2) is 2.96. The first-order valence-corrected chi connectivity index (χ1v) is 4.01. The van der Waals surface area contributed by atoms with Gasteiger partial charge in [-0.2, -0.15) is 0 Å². The van der Waals surface area contributed by atoms with Crippen LogP contribution >= 0.6 is 11.8 Å². The molecule has 1 aliphatic rings. The lowest BCUT2D eigenvalue weighted by atomic mass is 10.3. The molecule has 0 bridgehead atoms. The fourth-order valence-electron chi connectivity index (χ4n) is 0.542. The van der Waals surface area contributed by atoms with Gasteiger partial charge in [0.1, 0.15) is 6.04 Å². The van der Waals surface area contributed by atoms with Gasteiger partial charge < -0.3 is 10.4 Å². The predicted molar refractivity (Wildman–Crippen MR) is 40.8 cm³/mol. The van der Waals surface area contributed by atoms with Gasteiger partial charge in [-0.05, 0) is 13.0 Å². The molecule has 3 nitrogen and oxygen atoms in total. The Kier molecular flexibility index (Phi) is 2.21. The maximum absolute atomic E-state index is 10.3. The molecule has 1 heterocycles. The number of nitrogens with one attached hydrogen (secondary N) is 1. The third-order valence-corrected chi connectivity index (χ3v) is 2.17. The second-order valence-corrected chi connectivity index (χ2v) is 3.15. The molecule has 56 valence electrons. The van der Waals surface area contributed by atoms with Crippen LogP contribution in [0.15, 0.2) is 11.1 Å². The summed E-state index contributed by atoms with van der Waals surface area (Å²) in [5, 5.41) is 12.3. The Bertz CT molecular complexity index is 179. The average molecular weight is 159 g/mol. The first kappa shape index (κ1) is 7.47. The van der Waals surface area contributed by atoms with E-state index >= 15 is 0 Å². The van der Waals surface area contributed by atoms with E-state index in [2.05, 4.69) is 5.32 Å². The third kappa shape index (κ3) is 1.67. The molecule has 10 heavy (non-hydrogen) atoms. The Labute approximate surface area is 63.5 Å². The maximum atomic E-state index is 10.3. The van der Waals surface area contributed by atoms with Crippen LogP contribution in [0.3, 0.4) is 0 Å². The van der Waals surface area contributed by atoms with E-state index in [1.165, 1.54) is 0 Å². The molecule has 4 heteroatoms. The van der Waals surface area contributed by atoms with E-state index in [1.54, 1.807) is 18.7 Å². The SMILES string of the molecule is C[C@H](NC1=CCS1)C(=O)O. The Morgan fingerprint density at radius 2 is 2.60 bits per heavy atom. The Hall–Kier alpha value is -0.640. The molecular formula is C6H9NO2S. The molecule has 0 aliphatic carbocycles. The molecule has 2 N–H and O–H groups in total. The van der Waals surface area contributed by atoms with Crippen LogP contribution < -0.4 is 5.32 Å². The molecule has 0 aromatic rings. The number of carboxylic acid groups (broad SMARTS) is 1. The summed E-state index contributed by atoms with van der Waals surface area (Å²) >= 11 is 1.64. The minimum atomic E-state index is -0.812. The zero-order valence-corrected chi connectivity index (χ0v) is 6.44. The van der Waals surface area contributed by atoms with Crippen molar-refractivity contribution < 1.29 is 9.90 Å². The van der Waals surface area contributed by atoms with E-state index in [1.807, 2.05) is 6.08 Å². The van der Waals surface area contributed by atoms with Gasteiger partial charge in [-0.3, -0.25) is 4.79 Å². The second-order valence-electron chi connectivity index (χ2n) is 2.08. The summed E-state index contributed by atoms with van der Waals surface area (Å²) in [6.45, 7) is 1.63. The van der Waals surface area contributed by atoms with Gasteiger partial charge in [0, 0.05) is 5.75 Å². The summed E-state index contributed by atoms with van der Waals surface area (Å²) in [5.74, 6) is 0.183. The van der Waals surface area contributed by atoms with E-state index in [9.17, 15) is 4.79 Å². The van der Waals surface area contributed by atoms with Crippen molar-refractivity contribution in [2.45, 2.75) is 13.0 Å². The van der Waals surface area contributed by atoms with Crippen molar-refractivity contribution in [3.8, 4) is 0 Å². The van der Waals surface area contributed by atoms with Crippen LogP contribution in [0, 0.1) is 0 Å². The smallest absolute Gasteiger partial charge is 0.325 e. The number of carbonyl (C=O) groups is 1. The lowest BCUT2D eigenvalue weighted by Gasteiger charge is -2.18. The van der Waals surface area contributed by atoms with E-state index in [0.29, 0.717) is 0 Å². The van der Waals surface area contributed by atoms with Crippen molar-refractivity contribution in [3.63, 3.8) is 0 Å². The van der Waals surface area contributed by atoms with Crippen LogP contribution in [0.1, 0.15) is 6.92 Å². The fourth-order valence-corrected chi connectivity index (χ4v) is 1.14. The summed E-state index contributed by atoms with van der Waals surface area (Å²) in [7, 11) is 0. The molecule has 0 amide bonds. The van der Waals surface area contributed by atoms with E-state index in [-0.39, 0.29) is 0 Å². The van der Waals surface area contributed by atoms with Gasteiger partial charge in [0.05, 0.1) is 5.03 Å². The molecule has 0 radical (unpaired) electrons. The van der Waals surface area contributed by atoms with Crippen molar-refractivity contribution in [3.05, 3.63) is 11.1 Å². The molecule has 1 atom stereocenters. The summed E-state index contributed by atoms with van der Waals surface area (Å²) in [6, 6.07) is -0.473. The van der Waals surface area contributed by atoms with Crippen molar-refractivity contribution in [1.82, 2.24) is 5.32 Å². The topological polar surface area (TPSA) is 49.3 Å². The Morgan fingerprint density at radius 1 is 2.00 bits per heavy atom. The molecule has 1 rings (SSSR count). The monoisotopic (exact) mass is 159 g/mol. The van der Waals surface area contributed by atoms with E-state index in [4.69, 9.17) is 5.11 Å². The highest BCUT2D eigenvalue weighted by atomic mass is 32.2. The number of carboxylic acids is 1. The van der Waals surface area contributed by atoms with Gasteiger partial charge in [0.2, 0.25) is 0 Å². The quantitative estimate of drug-likeness (QED) is 0.634. The highest BCUT2D eigenvalue weighted by Crippen LogP contribution is 2.22. The van der Waals surface area contributed by atoms with Gasteiger partial charge in [0.25, 0.3) is 0 Å². The zero-order valence-electron chi connectivity index (χ0n) is 5.63. The normalized spacial score (nSPS) is 18.7. The van der Waals surface area contributed by atoms with Crippen molar-refractivity contribution >= 4 is 17.7 Å². The molecule has 0 aromatic heterocycles. The van der Waals surface area contributed by atoms with Crippen molar-refractivity contribution in [1.29, 1.82) is 0 Å². The zero-order chi connectivity index (χ0) is 7.56. The van der Waals surface area contributed by atoms with Crippen molar-refractivity contribution in [2.75, 3.05) is 5.75 Å². The van der Waals surface area contributed by atoms with Crippen molar-refractivity contribution in [2.24, 2.45) is 0 Å². The summed E-state index contributed by atoms with van der Waals surface area (Å²) in [6.07, 6.45) is 1.98. The van der Waals surface area contributed by atoms with Crippen LogP contribution in [-0.2, 0) is 4.79 Å². The Balaban J connectivity index is 2.30. The first-order valence-electron chi connectivity index (χ1n) is 3.02. The minimum absolute atomic E-state index is 0.473. The number of rotatable bonds is 3. The number of hydrogen-bond donors (Lipinski definition) is 2. The van der Waals surface area contributed by atoms with E-state index < -0.39 is 12.0 Å². The number of hydrogen-bond acceptors (Lipinski definition) is 3. The van der Waals surface area contributed by atoms with Gasteiger partial charge in [-0.25, -0.2) is 0 Å². The molecule has 0 spiro atoms. The lowest BCUT2D eigenvalue weighted by molar-refractivity contribution is -0.138. The summed E-state index contributed by atoms with van der Waals surface area (Å²) in [4.78, 5) is 10.3. The van der Waals surface area contributed by atoms with Crippen LogP contribution in [0.25, 0.3) is 0 Å². The van der Waals surface area contributed by atoms with Gasteiger partial charge in [-0.15, -0.1) is 11.8 Å². The largest absolute Gasteiger partial charge is 0.480 e. The first-order chi connectivity index (χ1) is 4.70. The maximum Gasteiger partial charge on any atom is 0.325 e. The number of thioether (sulfide) groups is 1.